The van der Waals surface area contributed by atoms with Gasteiger partial charge in [0.1, 0.15) is 17.3 Å². The quantitative estimate of drug-likeness (QED) is 0.901. The Morgan fingerprint density at radius 3 is 2.50 bits per heavy atom. The van der Waals surface area contributed by atoms with E-state index in [0.717, 1.165) is 25.0 Å². The lowest BCUT2D eigenvalue weighted by Gasteiger charge is -2.21. The van der Waals surface area contributed by atoms with Gasteiger partial charge in [-0.25, -0.2) is 8.78 Å². The summed E-state index contributed by atoms with van der Waals surface area (Å²) in [5.41, 5.74) is -0.366. The lowest BCUT2D eigenvalue weighted by molar-refractivity contribution is -0.117. The molecule has 3 nitrogen and oxygen atoms in total. The van der Waals surface area contributed by atoms with E-state index in [0.29, 0.717) is 13.2 Å². The van der Waals surface area contributed by atoms with Gasteiger partial charge < -0.3 is 10.1 Å². The zero-order chi connectivity index (χ0) is 13.0. The molecule has 0 aliphatic carbocycles. The maximum absolute atomic E-state index is 13.3. The van der Waals surface area contributed by atoms with E-state index in [1.807, 2.05) is 0 Å². The molecule has 1 fully saturated rings. The highest BCUT2D eigenvalue weighted by molar-refractivity contribution is 5.91. The van der Waals surface area contributed by atoms with E-state index in [1.54, 1.807) is 0 Å². The topological polar surface area (TPSA) is 38.3 Å². The number of carbonyl (C=O) groups is 1. The summed E-state index contributed by atoms with van der Waals surface area (Å²) < 4.78 is 31.8. The Hall–Kier alpha value is -1.49. The summed E-state index contributed by atoms with van der Waals surface area (Å²) in [4.78, 5) is 11.7. The minimum atomic E-state index is -0.754. The summed E-state index contributed by atoms with van der Waals surface area (Å²) in [5, 5.41) is 2.30. The van der Waals surface area contributed by atoms with Crippen molar-refractivity contribution in [1.29, 1.82) is 0 Å². The van der Waals surface area contributed by atoms with Gasteiger partial charge in [0, 0.05) is 19.6 Å². The predicted octanol–water partition coefficient (Wildman–Crippen LogP) is 2.72. The van der Waals surface area contributed by atoms with Gasteiger partial charge in [0.05, 0.1) is 0 Å². The van der Waals surface area contributed by atoms with Gasteiger partial charge in [0.25, 0.3) is 0 Å². The molecule has 18 heavy (non-hydrogen) atoms. The highest BCUT2D eigenvalue weighted by atomic mass is 19.1. The molecule has 1 aromatic carbocycles. The molecular formula is C13H15F2NO2. The number of para-hydroxylation sites is 1. The first-order valence-electron chi connectivity index (χ1n) is 5.98. The lowest BCUT2D eigenvalue weighted by atomic mass is 9.96. The minimum Gasteiger partial charge on any atom is -0.381 e. The van der Waals surface area contributed by atoms with Crippen molar-refractivity contribution in [2.24, 2.45) is 5.92 Å². The molecule has 1 aromatic rings. The van der Waals surface area contributed by atoms with E-state index in [2.05, 4.69) is 5.32 Å². The van der Waals surface area contributed by atoms with Crippen molar-refractivity contribution in [1.82, 2.24) is 0 Å². The van der Waals surface area contributed by atoms with Gasteiger partial charge in [-0.2, -0.15) is 0 Å². The number of amides is 1. The number of ether oxygens (including phenoxy) is 1. The fourth-order valence-electron chi connectivity index (χ4n) is 2.02. The maximum atomic E-state index is 13.3. The third-order valence-electron chi connectivity index (χ3n) is 3.04. The molecule has 1 N–H and O–H groups in total. The Labute approximate surface area is 104 Å². The average molecular weight is 255 g/mol. The van der Waals surface area contributed by atoms with E-state index in [9.17, 15) is 13.6 Å². The molecule has 98 valence electrons. The van der Waals surface area contributed by atoms with E-state index < -0.39 is 11.6 Å². The van der Waals surface area contributed by atoms with Crippen molar-refractivity contribution in [3.8, 4) is 0 Å². The van der Waals surface area contributed by atoms with Crippen molar-refractivity contribution < 1.29 is 18.3 Å². The first-order valence-corrected chi connectivity index (χ1v) is 5.98. The van der Waals surface area contributed by atoms with E-state index in [-0.39, 0.29) is 23.9 Å². The maximum Gasteiger partial charge on any atom is 0.224 e. The largest absolute Gasteiger partial charge is 0.381 e. The predicted molar refractivity (Wildman–Crippen MR) is 63.1 cm³/mol. The van der Waals surface area contributed by atoms with Crippen molar-refractivity contribution in [2.75, 3.05) is 18.5 Å². The number of halogens is 2. The molecule has 0 atom stereocenters. The highest BCUT2D eigenvalue weighted by Gasteiger charge is 2.19. The van der Waals surface area contributed by atoms with Crippen molar-refractivity contribution >= 4 is 11.6 Å². The summed E-state index contributed by atoms with van der Waals surface area (Å²) >= 11 is 0. The van der Waals surface area contributed by atoms with Crippen LogP contribution in [0.4, 0.5) is 14.5 Å². The number of rotatable bonds is 3. The smallest absolute Gasteiger partial charge is 0.224 e. The summed E-state index contributed by atoms with van der Waals surface area (Å²) in [5.74, 6) is -1.63. The van der Waals surface area contributed by atoms with Gasteiger partial charge >= 0.3 is 0 Å². The number of nitrogens with one attached hydrogen (secondary N) is 1. The van der Waals surface area contributed by atoms with Crippen molar-refractivity contribution in [2.45, 2.75) is 19.3 Å². The Morgan fingerprint density at radius 2 is 1.89 bits per heavy atom. The molecule has 5 heteroatoms. The fourth-order valence-corrected chi connectivity index (χ4v) is 2.02. The zero-order valence-electron chi connectivity index (χ0n) is 9.92. The van der Waals surface area contributed by atoms with E-state index in [4.69, 9.17) is 4.74 Å². The Bertz CT molecular complexity index is 411. The van der Waals surface area contributed by atoms with Crippen LogP contribution in [0.25, 0.3) is 0 Å². The molecule has 1 aliphatic rings. The Balaban J connectivity index is 1.94. The average Bonchev–Trinajstić information content (AvgIpc) is 2.35. The van der Waals surface area contributed by atoms with E-state index in [1.165, 1.54) is 6.07 Å². The summed E-state index contributed by atoms with van der Waals surface area (Å²) in [6.07, 6.45) is 1.90. The van der Waals surface area contributed by atoms with Gasteiger partial charge in [-0.15, -0.1) is 0 Å². The van der Waals surface area contributed by atoms with Crippen LogP contribution in [0, 0.1) is 17.6 Å². The number of carbonyl (C=O) groups excluding carboxylic acids is 1. The molecule has 0 bridgehead atoms. The second-order valence-corrected chi connectivity index (χ2v) is 4.40. The Morgan fingerprint density at radius 1 is 1.28 bits per heavy atom. The minimum absolute atomic E-state index is 0.230. The second kappa shape index (κ2) is 5.91. The van der Waals surface area contributed by atoms with Crippen LogP contribution in [-0.2, 0) is 9.53 Å². The molecule has 1 aliphatic heterocycles. The molecule has 0 saturated carbocycles. The normalized spacial score (nSPS) is 16.6. The molecule has 1 heterocycles. The number of hydrogen-bond donors (Lipinski definition) is 1. The zero-order valence-corrected chi connectivity index (χ0v) is 9.92. The van der Waals surface area contributed by atoms with Gasteiger partial charge in [0.15, 0.2) is 0 Å². The van der Waals surface area contributed by atoms with Crippen LogP contribution >= 0.6 is 0 Å². The molecule has 2 rings (SSSR count). The van der Waals surface area contributed by atoms with Crippen LogP contribution in [0.1, 0.15) is 19.3 Å². The van der Waals surface area contributed by atoms with Crippen molar-refractivity contribution in [3.63, 3.8) is 0 Å². The number of hydrogen-bond acceptors (Lipinski definition) is 2. The van der Waals surface area contributed by atoms with Crippen LogP contribution in [0.3, 0.4) is 0 Å². The first-order chi connectivity index (χ1) is 8.66. The van der Waals surface area contributed by atoms with Gasteiger partial charge in [0.2, 0.25) is 5.91 Å². The fraction of sp³-hybridized carbons (Fsp3) is 0.462. The number of benzene rings is 1. The monoisotopic (exact) mass is 255 g/mol. The standard InChI is InChI=1S/C13H15F2NO2/c14-10-2-1-3-11(15)13(10)16-12(17)8-9-4-6-18-7-5-9/h1-3,9H,4-8H2,(H,16,17). The van der Waals surface area contributed by atoms with Crippen LogP contribution < -0.4 is 5.32 Å². The Kier molecular flexibility index (Phi) is 4.25. The van der Waals surface area contributed by atoms with E-state index >= 15 is 0 Å². The van der Waals surface area contributed by atoms with Gasteiger partial charge in [-0.1, -0.05) is 6.07 Å². The highest BCUT2D eigenvalue weighted by Crippen LogP contribution is 2.21. The third-order valence-corrected chi connectivity index (χ3v) is 3.04. The van der Waals surface area contributed by atoms with Crippen LogP contribution in [0.15, 0.2) is 18.2 Å². The molecule has 1 amide bonds. The summed E-state index contributed by atoms with van der Waals surface area (Å²) in [6, 6.07) is 3.50. The van der Waals surface area contributed by atoms with Crippen molar-refractivity contribution in [3.05, 3.63) is 29.8 Å². The molecule has 0 radical (unpaired) electrons. The molecule has 0 unspecified atom stereocenters. The molecular weight excluding hydrogens is 240 g/mol. The molecule has 0 spiro atoms. The molecule has 0 aromatic heterocycles. The van der Waals surface area contributed by atoms with Crippen LogP contribution in [0.2, 0.25) is 0 Å². The molecule has 1 saturated heterocycles. The third kappa shape index (κ3) is 3.26. The lowest BCUT2D eigenvalue weighted by Crippen LogP contribution is -2.22. The van der Waals surface area contributed by atoms with Gasteiger partial charge in [-0.05, 0) is 30.9 Å². The van der Waals surface area contributed by atoms with Gasteiger partial charge in [-0.3, -0.25) is 4.79 Å². The van der Waals surface area contributed by atoms with Crippen LogP contribution in [-0.4, -0.2) is 19.1 Å². The first kappa shape index (κ1) is 13.0. The van der Waals surface area contributed by atoms with Crippen LogP contribution in [0.5, 0.6) is 0 Å². The summed E-state index contributed by atoms with van der Waals surface area (Å²) in [6.45, 7) is 1.29. The SMILES string of the molecule is O=C(CC1CCOCC1)Nc1c(F)cccc1F. The summed E-state index contributed by atoms with van der Waals surface area (Å²) in [7, 11) is 0. The number of anilines is 1. The second-order valence-electron chi connectivity index (χ2n) is 4.40.